The summed E-state index contributed by atoms with van der Waals surface area (Å²) >= 11 is 0. The molecule has 116 valence electrons. The van der Waals surface area contributed by atoms with Crippen LogP contribution in [0, 0.1) is 11.3 Å². The number of piperidine rings is 1. The third kappa shape index (κ3) is 1.98. The summed E-state index contributed by atoms with van der Waals surface area (Å²) in [6, 6.07) is 0. The zero-order valence-corrected chi connectivity index (χ0v) is 13.2. The van der Waals surface area contributed by atoms with Crippen molar-refractivity contribution >= 4 is 11.6 Å². The number of hydrogen-bond acceptors (Lipinski definition) is 3. The molecule has 4 rings (SSSR count). The molecule has 1 spiro atoms. The van der Waals surface area contributed by atoms with Crippen LogP contribution in [0.5, 0.6) is 0 Å². The number of carbonyl (C=O) groups is 1. The van der Waals surface area contributed by atoms with Gasteiger partial charge in [-0.15, -0.1) is 0 Å². The first kappa shape index (κ1) is 13.7. The second-order valence-electron chi connectivity index (χ2n) is 7.54. The van der Waals surface area contributed by atoms with Gasteiger partial charge in [0.2, 0.25) is 5.91 Å². The summed E-state index contributed by atoms with van der Waals surface area (Å²) in [5.41, 5.74) is 0.752. The van der Waals surface area contributed by atoms with Gasteiger partial charge in [0.1, 0.15) is 5.66 Å². The molecule has 0 unspecified atom stereocenters. The Kier molecular flexibility index (Phi) is 3.14. The van der Waals surface area contributed by atoms with E-state index in [1.807, 2.05) is 0 Å². The summed E-state index contributed by atoms with van der Waals surface area (Å²) in [4.78, 5) is 20.8. The van der Waals surface area contributed by atoms with Gasteiger partial charge in [-0.1, -0.05) is 19.8 Å². The fourth-order valence-electron chi connectivity index (χ4n) is 5.11. The highest BCUT2D eigenvalue weighted by Gasteiger charge is 2.57. The third-order valence-corrected chi connectivity index (χ3v) is 6.25. The Morgan fingerprint density at radius 3 is 2.81 bits per heavy atom. The Morgan fingerprint density at radius 2 is 2.05 bits per heavy atom. The van der Waals surface area contributed by atoms with Gasteiger partial charge in [-0.05, 0) is 45.1 Å². The van der Waals surface area contributed by atoms with Gasteiger partial charge in [0.25, 0.3) is 0 Å². The number of carbonyl (C=O) groups excluding carboxylic acids is 1. The van der Waals surface area contributed by atoms with E-state index in [0.717, 1.165) is 38.9 Å². The molecule has 2 atom stereocenters. The van der Waals surface area contributed by atoms with Gasteiger partial charge >= 0.3 is 0 Å². The summed E-state index contributed by atoms with van der Waals surface area (Å²) in [6.45, 7) is 5.25. The highest BCUT2D eigenvalue weighted by atomic mass is 16.2. The van der Waals surface area contributed by atoms with Gasteiger partial charge in [-0.3, -0.25) is 9.79 Å². The van der Waals surface area contributed by atoms with Crippen LogP contribution in [0.2, 0.25) is 0 Å². The fourth-order valence-corrected chi connectivity index (χ4v) is 5.11. The summed E-state index contributed by atoms with van der Waals surface area (Å²) in [7, 11) is 0. The first-order valence-electron chi connectivity index (χ1n) is 8.83. The van der Waals surface area contributed by atoms with Crippen molar-refractivity contribution in [2.75, 3.05) is 19.6 Å². The van der Waals surface area contributed by atoms with Crippen molar-refractivity contribution in [2.24, 2.45) is 16.3 Å². The van der Waals surface area contributed by atoms with Gasteiger partial charge in [0.05, 0.1) is 5.41 Å². The van der Waals surface area contributed by atoms with Gasteiger partial charge in [0, 0.05) is 24.7 Å². The molecule has 2 saturated carbocycles. The zero-order chi connectivity index (χ0) is 14.5. The standard InChI is InChI=1S/C17H27N3O/c1-2-20-11-13-7-6-8-16(12-20)14(13)18-17(19-15(16)21)9-4-3-5-10-17/h13H,2-12H2,1H3,(H,19,21)/t13-,16-/m0/s1. The van der Waals surface area contributed by atoms with E-state index >= 15 is 0 Å². The van der Waals surface area contributed by atoms with Crippen LogP contribution in [0.25, 0.3) is 0 Å². The summed E-state index contributed by atoms with van der Waals surface area (Å²) in [6.07, 6.45) is 9.19. The molecule has 2 aliphatic carbocycles. The largest absolute Gasteiger partial charge is 0.331 e. The smallest absolute Gasteiger partial charge is 0.235 e. The lowest BCUT2D eigenvalue weighted by molar-refractivity contribution is -0.134. The normalized spacial score (nSPS) is 38.6. The Bertz CT molecular complexity index is 480. The van der Waals surface area contributed by atoms with E-state index in [4.69, 9.17) is 4.99 Å². The van der Waals surface area contributed by atoms with E-state index in [-0.39, 0.29) is 17.0 Å². The molecule has 1 N–H and O–H groups in total. The Balaban J connectivity index is 1.75. The average Bonchev–Trinajstić information content (AvgIpc) is 2.47. The monoisotopic (exact) mass is 289 g/mol. The van der Waals surface area contributed by atoms with E-state index in [9.17, 15) is 4.79 Å². The average molecular weight is 289 g/mol. The second kappa shape index (κ2) is 4.80. The predicted octanol–water partition coefficient (Wildman–Crippen LogP) is 2.34. The maximum absolute atomic E-state index is 13.1. The van der Waals surface area contributed by atoms with Crippen LogP contribution >= 0.6 is 0 Å². The van der Waals surface area contributed by atoms with E-state index in [1.165, 1.54) is 37.8 Å². The van der Waals surface area contributed by atoms with Crippen molar-refractivity contribution in [2.45, 2.75) is 64.0 Å². The molecule has 0 aromatic rings. The SMILES string of the molecule is CCN1C[C@@H]2CCC[C@@]3(C1)C(=O)NC1(CCCCC1)N=C23. The minimum absolute atomic E-state index is 0.238. The van der Waals surface area contributed by atoms with Gasteiger partial charge in [-0.2, -0.15) is 0 Å². The lowest BCUT2D eigenvalue weighted by atomic mass is 9.62. The van der Waals surface area contributed by atoms with E-state index in [2.05, 4.69) is 17.1 Å². The van der Waals surface area contributed by atoms with Crippen LogP contribution < -0.4 is 5.32 Å². The van der Waals surface area contributed by atoms with Crippen LogP contribution in [-0.2, 0) is 4.79 Å². The molecule has 1 saturated heterocycles. The molecular weight excluding hydrogens is 262 g/mol. The molecule has 0 aromatic heterocycles. The second-order valence-corrected chi connectivity index (χ2v) is 7.54. The van der Waals surface area contributed by atoms with E-state index in [1.54, 1.807) is 0 Å². The van der Waals surface area contributed by atoms with Gasteiger partial charge < -0.3 is 10.2 Å². The molecule has 2 bridgehead atoms. The number of amides is 1. The molecule has 0 aromatic carbocycles. The van der Waals surface area contributed by atoms with E-state index in [0.29, 0.717) is 5.92 Å². The van der Waals surface area contributed by atoms with Crippen molar-refractivity contribution in [3.63, 3.8) is 0 Å². The lowest BCUT2D eigenvalue weighted by Gasteiger charge is -2.54. The first-order chi connectivity index (χ1) is 10.2. The number of nitrogens with zero attached hydrogens (tertiary/aromatic N) is 2. The topological polar surface area (TPSA) is 44.7 Å². The number of aliphatic imine (C=N–C) groups is 1. The highest BCUT2D eigenvalue weighted by molar-refractivity contribution is 6.12. The molecule has 1 amide bonds. The van der Waals surface area contributed by atoms with Gasteiger partial charge in [-0.25, -0.2) is 0 Å². The number of rotatable bonds is 1. The highest BCUT2D eigenvalue weighted by Crippen LogP contribution is 2.47. The Hall–Kier alpha value is -0.900. The minimum Gasteiger partial charge on any atom is -0.331 e. The minimum atomic E-state index is -0.292. The molecular formula is C17H27N3O. The summed E-state index contributed by atoms with van der Waals surface area (Å²) in [5.74, 6) is 0.814. The quantitative estimate of drug-likeness (QED) is 0.805. The Morgan fingerprint density at radius 1 is 1.24 bits per heavy atom. The molecule has 21 heavy (non-hydrogen) atoms. The number of likely N-dealkylation sites (tertiary alicyclic amines) is 1. The number of nitrogens with one attached hydrogen (secondary N) is 1. The van der Waals surface area contributed by atoms with Crippen molar-refractivity contribution in [1.82, 2.24) is 10.2 Å². The molecule has 0 radical (unpaired) electrons. The van der Waals surface area contributed by atoms with Crippen molar-refractivity contribution in [3.8, 4) is 0 Å². The van der Waals surface area contributed by atoms with E-state index < -0.39 is 0 Å². The van der Waals surface area contributed by atoms with Crippen LogP contribution in [0.15, 0.2) is 4.99 Å². The third-order valence-electron chi connectivity index (χ3n) is 6.25. The Labute approximate surface area is 127 Å². The van der Waals surface area contributed by atoms with Crippen LogP contribution in [0.4, 0.5) is 0 Å². The van der Waals surface area contributed by atoms with Crippen molar-refractivity contribution < 1.29 is 4.79 Å². The lowest BCUT2D eigenvalue weighted by Crippen LogP contribution is -2.69. The molecule has 2 heterocycles. The maximum Gasteiger partial charge on any atom is 0.235 e. The summed E-state index contributed by atoms with van der Waals surface area (Å²) < 4.78 is 0. The fraction of sp³-hybridized carbons (Fsp3) is 0.882. The van der Waals surface area contributed by atoms with Crippen molar-refractivity contribution in [3.05, 3.63) is 0 Å². The van der Waals surface area contributed by atoms with Crippen molar-refractivity contribution in [1.29, 1.82) is 0 Å². The van der Waals surface area contributed by atoms with Crippen LogP contribution in [0.3, 0.4) is 0 Å². The molecule has 2 aliphatic heterocycles. The zero-order valence-electron chi connectivity index (χ0n) is 13.2. The first-order valence-corrected chi connectivity index (χ1v) is 8.83. The molecule has 4 nitrogen and oxygen atoms in total. The predicted molar refractivity (Wildman–Crippen MR) is 83.3 cm³/mol. The maximum atomic E-state index is 13.1. The summed E-state index contributed by atoms with van der Waals surface area (Å²) in [5, 5.41) is 3.37. The molecule has 4 heteroatoms. The van der Waals surface area contributed by atoms with Gasteiger partial charge in [0.15, 0.2) is 0 Å². The molecule has 3 fully saturated rings. The molecule has 4 aliphatic rings. The van der Waals surface area contributed by atoms with Crippen LogP contribution in [-0.4, -0.2) is 41.8 Å². The van der Waals surface area contributed by atoms with Crippen LogP contribution in [0.1, 0.15) is 58.3 Å². The number of hydrogen-bond donors (Lipinski definition) is 1.